The molecular formula is C13H11ClN4O. The second-order valence-electron chi connectivity index (χ2n) is 4.20. The molecule has 0 aliphatic rings. The summed E-state index contributed by atoms with van der Waals surface area (Å²) in [7, 11) is 0. The van der Waals surface area contributed by atoms with Crippen LogP contribution in [0.2, 0.25) is 5.02 Å². The van der Waals surface area contributed by atoms with Crippen LogP contribution in [0.15, 0.2) is 28.8 Å². The number of halogens is 1. The number of aryl methyl sites for hydroxylation is 2. The molecule has 19 heavy (non-hydrogen) atoms. The minimum atomic E-state index is 0.481. The number of aromatic nitrogens is 3. The Labute approximate surface area is 114 Å². The summed E-state index contributed by atoms with van der Waals surface area (Å²) in [5.41, 5.74) is 2.08. The van der Waals surface area contributed by atoms with Gasteiger partial charge >= 0.3 is 0 Å². The molecule has 0 aliphatic carbocycles. The number of nitrogens with one attached hydrogen (secondary N) is 1. The van der Waals surface area contributed by atoms with Gasteiger partial charge in [0, 0.05) is 10.7 Å². The highest BCUT2D eigenvalue weighted by atomic mass is 35.5. The lowest BCUT2D eigenvalue weighted by Gasteiger charge is -2.07. The van der Waals surface area contributed by atoms with Crippen molar-refractivity contribution in [2.45, 2.75) is 13.8 Å². The number of fused-ring (bicyclic) bond motifs is 1. The van der Waals surface area contributed by atoms with Crippen LogP contribution in [0.25, 0.3) is 11.1 Å². The third-order valence-corrected chi connectivity index (χ3v) is 2.94. The Morgan fingerprint density at radius 2 is 2.05 bits per heavy atom. The highest BCUT2D eigenvalue weighted by Crippen LogP contribution is 2.27. The van der Waals surface area contributed by atoms with Crippen LogP contribution < -0.4 is 5.32 Å². The van der Waals surface area contributed by atoms with E-state index in [9.17, 15) is 0 Å². The first-order valence-corrected chi connectivity index (χ1v) is 6.14. The van der Waals surface area contributed by atoms with Gasteiger partial charge < -0.3 is 9.84 Å². The molecule has 6 heteroatoms. The van der Waals surface area contributed by atoms with E-state index in [0.717, 1.165) is 16.8 Å². The van der Waals surface area contributed by atoms with E-state index in [2.05, 4.69) is 20.4 Å². The molecule has 0 saturated carbocycles. The summed E-state index contributed by atoms with van der Waals surface area (Å²) in [6.07, 6.45) is 0. The van der Waals surface area contributed by atoms with Crippen LogP contribution in [-0.2, 0) is 0 Å². The van der Waals surface area contributed by atoms with E-state index in [1.807, 2.05) is 31.2 Å². The maximum atomic E-state index is 5.97. The molecule has 0 atom stereocenters. The van der Waals surface area contributed by atoms with Gasteiger partial charge in [0.1, 0.15) is 17.0 Å². The Morgan fingerprint density at radius 1 is 1.21 bits per heavy atom. The highest BCUT2D eigenvalue weighted by molar-refractivity contribution is 6.30. The molecule has 0 radical (unpaired) electrons. The summed E-state index contributed by atoms with van der Waals surface area (Å²) in [4.78, 5) is 8.60. The average Bonchev–Trinajstić information content (AvgIpc) is 2.71. The fourth-order valence-electron chi connectivity index (χ4n) is 1.89. The van der Waals surface area contributed by atoms with Gasteiger partial charge in [0.25, 0.3) is 5.71 Å². The molecule has 3 aromatic rings. The van der Waals surface area contributed by atoms with Gasteiger partial charge in [0.05, 0.1) is 5.69 Å². The summed E-state index contributed by atoms with van der Waals surface area (Å²) in [5, 5.41) is 8.58. The Balaban J connectivity index is 2.11. The largest absolute Gasteiger partial charge is 0.339 e. The van der Waals surface area contributed by atoms with Crippen molar-refractivity contribution < 1.29 is 4.52 Å². The van der Waals surface area contributed by atoms with Gasteiger partial charge in [-0.1, -0.05) is 22.8 Å². The first kappa shape index (κ1) is 11.9. The zero-order chi connectivity index (χ0) is 13.4. The molecule has 1 N–H and O–H groups in total. The summed E-state index contributed by atoms with van der Waals surface area (Å²) < 4.78 is 5.16. The van der Waals surface area contributed by atoms with Crippen molar-refractivity contribution in [3.05, 3.63) is 40.8 Å². The van der Waals surface area contributed by atoms with E-state index < -0.39 is 0 Å². The SMILES string of the molecule is Cc1nc(Nc2cccc(Cl)c2)c2c(C)noc2n1. The van der Waals surface area contributed by atoms with Crippen molar-refractivity contribution in [2.24, 2.45) is 0 Å². The van der Waals surface area contributed by atoms with Gasteiger partial charge in [-0.15, -0.1) is 0 Å². The molecule has 1 aromatic carbocycles. The Kier molecular flexibility index (Phi) is 2.83. The standard InChI is InChI=1S/C13H11ClN4O/c1-7-11-12(15-8(2)16-13(11)19-18-7)17-10-5-3-4-9(14)6-10/h3-6H,1-2H3,(H,15,16,17). The zero-order valence-corrected chi connectivity index (χ0v) is 11.2. The number of rotatable bonds is 2. The monoisotopic (exact) mass is 274 g/mol. The normalized spacial score (nSPS) is 10.9. The van der Waals surface area contributed by atoms with Crippen LogP contribution in [0.1, 0.15) is 11.5 Å². The minimum Gasteiger partial charge on any atom is -0.339 e. The fraction of sp³-hybridized carbons (Fsp3) is 0.154. The first-order valence-electron chi connectivity index (χ1n) is 5.77. The molecule has 2 aromatic heterocycles. The molecule has 96 valence electrons. The van der Waals surface area contributed by atoms with Gasteiger partial charge in [-0.05, 0) is 32.0 Å². The zero-order valence-electron chi connectivity index (χ0n) is 10.4. The lowest BCUT2D eigenvalue weighted by Crippen LogP contribution is -1.98. The molecular weight excluding hydrogens is 264 g/mol. The smallest absolute Gasteiger partial charge is 0.263 e. The average molecular weight is 275 g/mol. The summed E-state index contributed by atoms with van der Waals surface area (Å²) in [6, 6.07) is 7.43. The topological polar surface area (TPSA) is 63.8 Å². The molecule has 0 amide bonds. The van der Waals surface area contributed by atoms with Crippen molar-refractivity contribution in [3.8, 4) is 0 Å². The summed E-state index contributed by atoms with van der Waals surface area (Å²) >= 11 is 5.97. The number of nitrogens with zero attached hydrogens (tertiary/aromatic N) is 3. The number of hydrogen-bond donors (Lipinski definition) is 1. The van der Waals surface area contributed by atoms with E-state index >= 15 is 0 Å². The third kappa shape index (κ3) is 2.24. The van der Waals surface area contributed by atoms with Gasteiger partial charge in [-0.25, -0.2) is 4.98 Å². The van der Waals surface area contributed by atoms with Crippen LogP contribution in [-0.4, -0.2) is 15.1 Å². The summed E-state index contributed by atoms with van der Waals surface area (Å²) in [6.45, 7) is 3.66. The second kappa shape index (κ2) is 4.51. The van der Waals surface area contributed by atoms with E-state index in [4.69, 9.17) is 16.1 Å². The fourth-order valence-corrected chi connectivity index (χ4v) is 2.08. The molecule has 3 rings (SSSR count). The third-order valence-electron chi connectivity index (χ3n) is 2.71. The maximum Gasteiger partial charge on any atom is 0.263 e. The Bertz CT molecular complexity index is 753. The highest BCUT2D eigenvalue weighted by Gasteiger charge is 2.13. The number of benzene rings is 1. The molecule has 0 aliphatic heterocycles. The van der Waals surface area contributed by atoms with Crippen molar-refractivity contribution in [1.29, 1.82) is 0 Å². The summed E-state index contributed by atoms with van der Waals surface area (Å²) in [5.74, 6) is 1.29. The Hall–Kier alpha value is -2.14. The van der Waals surface area contributed by atoms with Crippen LogP contribution in [0.4, 0.5) is 11.5 Å². The minimum absolute atomic E-state index is 0.481. The van der Waals surface area contributed by atoms with E-state index in [1.165, 1.54) is 0 Å². The van der Waals surface area contributed by atoms with Gasteiger partial charge in [-0.2, -0.15) is 4.98 Å². The number of hydrogen-bond acceptors (Lipinski definition) is 5. The molecule has 0 saturated heterocycles. The maximum absolute atomic E-state index is 5.97. The van der Waals surface area contributed by atoms with Crippen molar-refractivity contribution in [1.82, 2.24) is 15.1 Å². The van der Waals surface area contributed by atoms with Crippen LogP contribution in [0.3, 0.4) is 0 Å². The van der Waals surface area contributed by atoms with Gasteiger partial charge in [-0.3, -0.25) is 0 Å². The Morgan fingerprint density at radius 3 is 2.84 bits per heavy atom. The van der Waals surface area contributed by atoms with E-state index in [1.54, 1.807) is 6.92 Å². The molecule has 0 unspecified atom stereocenters. The van der Waals surface area contributed by atoms with Crippen LogP contribution >= 0.6 is 11.6 Å². The molecule has 0 spiro atoms. The molecule has 2 heterocycles. The van der Waals surface area contributed by atoms with Gasteiger partial charge in [0.15, 0.2) is 0 Å². The van der Waals surface area contributed by atoms with Crippen LogP contribution in [0, 0.1) is 13.8 Å². The lowest BCUT2D eigenvalue weighted by molar-refractivity contribution is 0.442. The van der Waals surface area contributed by atoms with Crippen molar-refractivity contribution in [3.63, 3.8) is 0 Å². The van der Waals surface area contributed by atoms with E-state index in [0.29, 0.717) is 22.4 Å². The predicted molar refractivity (Wildman–Crippen MR) is 73.8 cm³/mol. The lowest BCUT2D eigenvalue weighted by atomic mass is 10.2. The molecule has 0 fully saturated rings. The van der Waals surface area contributed by atoms with Crippen LogP contribution in [0.5, 0.6) is 0 Å². The van der Waals surface area contributed by atoms with E-state index in [-0.39, 0.29) is 0 Å². The van der Waals surface area contributed by atoms with Crippen molar-refractivity contribution >= 4 is 34.2 Å². The van der Waals surface area contributed by atoms with Gasteiger partial charge in [0.2, 0.25) is 0 Å². The molecule has 0 bridgehead atoms. The van der Waals surface area contributed by atoms with Crippen molar-refractivity contribution in [2.75, 3.05) is 5.32 Å². The molecule has 5 nitrogen and oxygen atoms in total. The second-order valence-corrected chi connectivity index (χ2v) is 4.64. The predicted octanol–water partition coefficient (Wildman–Crippen LogP) is 3.63. The quantitative estimate of drug-likeness (QED) is 0.773. The number of anilines is 2. The first-order chi connectivity index (χ1) is 9.13.